The smallest absolute Gasteiger partial charge is 0.306 e. The molecule has 1 saturated heterocycles. The van der Waals surface area contributed by atoms with Gasteiger partial charge in [0.1, 0.15) is 5.60 Å². The van der Waals surface area contributed by atoms with E-state index in [-0.39, 0.29) is 18.4 Å². The van der Waals surface area contributed by atoms with Crippen molar-refractivity contribution in [2.24, 2.45) is 5.92 Å². The Labute approximate surface area is 127 Å². The molecule has 2 atom stereocenters. The van der Waals surface area contributed by atoms with Gasteiger partial charge < -0.3 is 22.0 Å². The fourth-order valence-corrected chi connectivity index (χ4v) is 2.94. The van der Waals surface area contributed by atoms with Crippen molar-refractivity contribution in [3.05, 3.63) is 35.9 Å². The predicted octanol–water partition coefficient (Wildman–Crippen LogP) is -0.189. The van der Waals surface area contributed by atoms with Gasteiger partial charge in [-0.15, -0.1) is 0 Å². The summed E-state index contributed by atoms with van der Waals surface area (Å²) in [6.07, 6.45) is 1.29. The van der Waals surface area contributed by atoms with Crippen molar-refractivity contribution >= 4 is 5.97 Å². The number of hydrogen-bond acceptors (Lipinski definition) is 3. The van der Waals surface area contributed by atoms with E-state index in [1.807, 2.05) is 25.1 Å². The molecule has 0 aliphatic carbocycles. The number of carbonyl (C=O) groups excluding carboxylic acids is 1. The van der Waals surface area contributed by atoms with Crippen LogP contribution in [-0.4, -0.2) is 31.0 Å². The molecule has 0 spiro atoms. The SMILES string of the molecule is CCC(=O)OC1(c2ccccc2)CCN(C)CC1C.[Cl-]. The van der Waals surface area contributed by atoms with Crippen molar-refractivity contribution in [3.8, 4) is 0 Å². The van der Waals surface area contributed by atoms with E-state index in [1.165, 1.54) is 0 Å². The van der Waals surface area contributed by atoms with Crippen molar-refractivity contribution < 1.29 is 21.9 Å². The average Bonchev–Trinajstić information content (AvgIpc) is 2.43. The molecule has 1 aromatic rings. The number of ether oxygens (including phenoxy) is 1. The van der Waals surface area contributed by atoms with Crippen LogP contribution < -0.4 is 12.4 Å². The van der Waals surface area contributed by atoms with Crippen molar-refractivity contribution in [1.29, 1.82) is 0 Å². The van der Waals surface area contributed by atoms with Gasteiger partial charge in [0.15, 0.2) is 0 Å². The molecule has 0 radical (unpaired) electrons. The van der Waals surface area contributed by atoms with Crippen molar-refractivity contribution in [1.82, 2.24) is 4.90 Å². The molecule has 1 aliphatic heterocycles. The van der Waals surface area contributed by atoms with Crippen LogP contribution >= 0.6 is 0 Å². The molecule has 1 heterocycles. The normalized spacial score (nSPS) is 26.6. The summed E-state index contributed by atoms with van der Waals surface area (Å²) in [7, 11) is 2.12. The standard InChI is InChI=1S/C16H23NO2.ClH/c1-4-15(18)19-16(14-8-6-5-7-9-14)10-11-17(3)12-13(16)2;/h5-9,13H,4,10-12H2,1-3H3;1H/p-1. The molecular weight excluding hydrogens is 274 g/mol. The summed E-state index contributed by atoms with van der Waals surface area (Å²) in [6.45, 7) is 5.92. The Morgan fingerprint density at radius 2 is 2.05 bits per heavy atom. The van der Waals surface area contributed by atoms with E-state index in [9.17, 15) is 4.79 Å². The Balaban J connectivity index is 0.00000200. The van der Waals surface area contributed by atoms with E-state index >= 15 is 0 Å². The third-order valence-corrected chi connectivity index (χ3v) is 4.09. The molecule has 112 valence electrons. The second-order valence-corrected chi connectivity index (χ2v) is 5.50. The van der Waals surface area contributed by atoms with Crippen LogP contribution in [0, 0.1) is 5.92 Å². The summed E-state index contributed by atoms with van der Waals surface area (Å²) in [5, 5.41) is 0. The first kappa shape index (κ1) is 17.0. The maximum atomic E-state index is 11.8. The molecule has 3 nitrogen and oxygen atoms in total. The number of rotatable bonds is 3. The van der Waals surface area contributed by atoms with E-state index < -0.39 is 5.60 Å². The molecule has 0 amide bonds. The van der Waals surface area contributed by atoms with Crippen LogP contribution in [0.25, 0.3) is 0 Å². The Kier molecular flexibility index (Phi) is 6.03. The Bertz CT molecular complexity index is 437. The Morgan fingerprint density at radius 1 is 1.40 bits per heavy atom. The zero-order valence-electron chi connectivity index (χ0n) is 12.4. The summed E-state index contributed by atoms with van der Waals surface area (Å²) in [4.78, 5) is 14.1. The van der Waals surface area contributed by atoms with Crippen LogP contribution in [0.5, 0.6) is 0 Å². The quantitative estimate of drug-likeness (QED) is 0.724. The zero-order chi connectivity index (χ0) is 13.9. The first-order valence-electron chi connectivity index (χ1n) is 7.04. The summed E-state index contributed by atoms with van der Waals surface area (Å²) in [6, 6.07) is 10.2. The monoisotopic (exact) mass is 296 g/mol. The van der Waals surface area contributed by atoms with Gasteiger partial charge in [0.05, 0.1) is 0 Å². The minimum absolute atomic E-state index is 0. The topological polar surface area (TPSA) is 29.5 Å². The highest BCUT2D eigenvalue weighted by atomic mass is 35.5. The van der Waals surface area contributed by atoms with E-state index in [4.69, 9.17) is 4.74 Å². The van der Waals surface area contributed by atoms with Crippen LogP contribution in [0.15, 0.2) is 30.3 Å². The molecule has 1 aromatic carbocycles. The van der Waals surface area contributed by atoms with Gasteiger partial charge in [0.25, 0.3) is 0 Å². The van der Waals surface area contributed by atoms with E-state index in [0.29, 0.717) is 12.3 Å². The summed E-state index contributed by atoms with van der Waals surface area (Å²) in [5.41, 5.74) is 0.665. The number of esters is 1. The molecule has 1 aliphatic rings. The van der Waals surface area contributed by atoms with Crippen molar-refractivity contribution in [2.75, 3.05) is 20.1 Å². The van der Waals surface area contributed by atoms with Gasteiger partial charge in [-0.3, -0.25) is 4.79 Å². The fourth-order valence-electron chi connectivity index (χ4n) is 2.94. The average molecular weight is 297 g/mol. The lowest BCUT2D eigenvalue weighted by atomic mass is 9.76. The second kappa shape index (κ2) is 7.09. The van der Waals surface area contributed by atoms with Crippen molar-refractivity contribution in [3.63, 3.8) is 0 Å². The molecule has 0 aromatic heterocycles. The molecule has 0 bridgehead atoms. The minimum atomic E-state index is -0.457. The third-order valence-electron chi connectivity index (χ3n) is 4.09. The van der Waals surface area contributed by atoms with E-state index in [1.54, 1.807) is 0 Å². The second-order valence-electron chi connectivity index (χ2n) is 5.50. The highest BCUT2D eigenvalue weighted by Crippen LogP contribution is 2.40. The number of piperidine rings is 1. The molecule has 0 saturated carbocycles. The van der Waals surface area contributed by atoms with Gasteiger partial charge in [0, 0.05) is 31.8 Å². The maximum absolute atomic E-state index is 11.8. The molecule has 0 N–H and O–H groups in total. The van der Waals surface area contributed by atoms with Crippen LogP contribution in [0.1, 0.15) is 32.3 Å². The highest BCUT2D eigenvalue weighted by Gasteiger charge is 2.44. The summed E-state index contributed by atoms with van der Waals surface area (Å²) in [5.74, 6) is 0.185. The highest BCUT2D eigenvalue weighted by molar-refractivity contribution is 5.69. The molecule has 20 heavy (non-hydrogen) atoms. The number of nitrogens with zero attached hydrogens (tertiary/aromatic N) is 1. The number of carbonyl (C=O) groups is 1. The lowest BCUT2D eigenvalue weighted by molar-refractivity contribution is -0.174. The number of likely N-dealkylation sites (tertiary alicyclic amines) is 1. The first-order valence-corrected chi connectivity index (χ1v) is 7.04. The van der Waals surface area contributed by atoms with Gasteiger partial charge in [-0.05, 0) is 12.6 Å². The lowest BCUT2D eigenvalue weighted by Gasteiger charge is -2.45. The molecule has 2 rings (SSSR count). The van der Waals surface area contributed by atoms with E-state index in [2.05, 4.69) is 31.0 Å². The van der Waals surface area contributed by atoms with Gasteiger partial charge >= 0.3 is 5.97 Å². The Morgan fingerprint density at radius 3 is 2.60 bits per heavy atom. The number of hydrogen-bond donors (Lipinski definition) is 0. The molecule has 2 unspecified atom stereocenters. The van der Waals surface area contributed by atoms with E-state index in [0.717, 1.165) is 25.1 Å². The summed E-state index contributed by atoms with van der Waals surface area (Å²) < 4.78 is 5.91. The van der Waals surface area contributed by atoms with Crippen LogP contribution in [0.4, 0.5) is 0 Å². The molecule has 1 fully saturated rings. The van der Waals surface area contributed by atoms with Crippen LogP contribution in [-0.2, 0) is 15.1 Å². The van der Waals surface area contributed by atoms with Crippen LogP contribution in [0.2, 0.25) is 0 Å². The fraction of sp³-hybridized carbons (Fsp3) is 0.562. The summed E-state index contributed by atoms with van der Waals surface area (Å²) >= 11 is 0. The largest absolute Gasteiger partial charge is 1.00 e. The van der Waals surface area contributed by atoms with Gasteiger partial charge in [-0.25, -0.2) is 0 Å². The van der Waals surface area contributed by atoms with Crippen molar-refractivity contribution in [2.45, 2.75) is 32.3 Å². The third kappa shape index (κ3) is 3.33. The zero-order valence-corrected chi connectivity index (χ0v) is 13.2. The van der Waals surface area contributed by atoms with Gasteiger partial charge in [-0.2, -0.15) is 0 Å². The van der Waals surface area contributed by atoms with Gasteiger partial charge in [-0.1, -0.05) is 44.2 Å². The minimum Gasteiger partial charge on any atom is -1.00 e. The molecular formula is C16H23ClNO2-. The lowest BCUT2D eigenvalue weighted by Crippen LogP contribution is -3.00. The van der Waals surface area contributed by atoms with Gasteiger partial charge in [0.2, 0.25) is 0 Å². The predicted molar refractivity (Wildman–Crippen MR) is 75.8 cm³/mol. The Hall–Kier alpha value is -1.06. The number of benzene rings is 1. The first-order chi connectivity index (χ1) is 9.08. The maximum Gasteiger partial charge on any atom is 0.306 e. The molecule has 4 heteroatoms. The van der Waals surface area contributed by atoms with Crippen LogP contribution in [0.3, 0.4) is 0 Å². The number of halogens is 1.